The quantitative estimate of drug-likeness (QED) is 0.148. The van der Waals surface area contributed by atoms with Gasteiger partial charge in [0.25, 0.3) is 0 Å². The van der Waals surface area contributed by atoms with Crippen LogP contribution in [-0.4, -0.2) is 11.6 Å². The van der Waals surface area contributed by atoms with Gasteiger partial charge in [0, 0.05) is 27.9 Å². The van der Waals surface area contributed by atoms with Gasteiger partial charge in [0.15, 0.2) is 11.6 Å². The van der Waals surface area contributed by atoms with E-state index in [0.29, 0.717) is 50.4 Å². The van der Waals surface area contributed by atoms with E-state index < -0.39 is 0 Å². The SMILES string of the molecule is CC(C)(C)c1ccc(C(=O)c2ccc(C(=O)c3ccc(Oc4ccc([O-])c(-c5ccc(N)cc5)c4)cc3)c3ccccc23)cc1. The third-order valence-electron chi connectivity index (χ3n) is 7.95. The summed E-state index contributed by atoms with van der Waals surface area (Å²) in [6.45, 7) is 6.42. The zero-order valence-corrected chi connectivity index (χ0v) is 25.3. The van der Waals surface area contributed by atoms with E-state index in [1.807, 2.05) is 48.5 Å². The molecule has 0 aliphatic heterocycles. The van der Waals surface area contributed by atoms with Crippen LogP contribution in [0.25, 0.3) is 21.9 Å². The van der Waals surface area contributed by atoms with Gasteiger partial charge in [-0.2, -0.15) is 0 Å². The molecule has 0 aliphatic rings. The zero-order valence-electron chi connectivity index (χ0n) is 25.3. The van der Waals surface area contributed by atoms with E-state index in [9.17, 15) is 14.7 Å². The van der Waals surface area contributed by atoms with Crippen molar-refractivity contribution in [2.75, 3.05) is 5.73 Å². The number of anilines is 1. The Balaban J connectivity index is 1.24. The lowest BCUT2D eigenvalue weighted by molar-refractivity contribution is -0.267. The topological polar surface area (TPSA) is 92.5 Å². The Labute approximate surface area is 262 Å². The predicted molar refractivity (Wildman–Crippen MR) is 178 cm³/mol. The van der Waals surface area contributed by atoms with Gasteiger partial charge in [0.2, 0.25) is 0 Å². The Morgan fingerprint density at radius 2 is 1.13 bits per heavy atom. The third-order valence-corrected chi connectivity index (χ3v) is 7.95. The van der Waals surface area contributed by atoms with Crippen molar-refractivity contribution in [1.29, 1.82) is 0 Å². The number of carbonyl (C=O) groups excluding carboxylic acids is 2. The Bertz CT molecular complexity index is 2040. The van der Waals surface area contributed by atoms with Gasteiger partial charge in [0.1, 0.15) is 11.5 Å². The number of nitrogen functional groups attached to an aromatic ring is 1. The molecule has 45 heavy (non-hydrogen) atoms. The normalized spacial score (nSPS) is 11.4. The molecule has 0 aromatic heterocycles. The molecule has 0 bridgehead atoms. The van der Waals surface area contributed by atoms with Crippen LogP contribution in [0.4, 0.5) is 5.69 Å². The molecule has 0 saturated carbocycles. The van der Waals surface area contributed by atoms with E-state index in [4.69, 9.17) is 10.5 Å². The fourth-order valence-electron chi connectivity index (χ4n) is 5.40. The Morgan fingerprint density at radius 1 is 0.622 bits per heavy atom. The van der Waals surface area contributed by atoms with Crippen molar-refractivity contribution >= 4 is 28.0 Å². The maximum absolute atomic E-state index is 13.7. The molecule has 0 fully saturated rings. The first kappa shape index (κ1) is 29.4. The van der Waals surface area contributed by atoms with Crippen LogP contribution in [-0.2, 0) is 5.41 Å². The van der Waals surface area contributed by atoms with Crippen molar-refractivity contribution in [1.82, 2.24) is 0 Å². The summed E-state index contributed by atoms with van der Waals surface area (Å²) < 4.78 is 6.03. The molecule has 0 atom stereocenters. The molecule has 2 N–H and O–H groups in total. The molecule has 0 spiro atoms. The predicted octanol–water partition coefficient (Wildman–Crippen LogP) is 8.71. The summed E-state index contributed by atoms with van der Waals surface area (Å²) in [7, 11) is 0. The highest BCUT2D eigenvalue weighted by Gasteiger charge is 2.20. The number of ketones is 2. The van der Waals surface area contributed by atoms with E-state index in [1.54, 1.807) is 72.8 Å². The van der Waals surface area contributed by atoms with Crippen LogP contribution in [0, 0.1) is 0 Å². The summed E-state index contributed by atoms with van der Waals surface area (Å²) in [5.41, 5.74) is 11.0. The van der Waals surface area contributed by atoms with Gasteiger partial charge < -0.3 is 15.6 Å². The second-order valence-electron chi connectivity index (χ2n) is 12.1. The van der Waals surface area contributed by atoms with Crippen molar-refractivity contribution in [3.05, 3.63) is 155 Å². The molecule has 5 heteroatoms. The van der Waals surface area contributed by atoms with Gasteiger partial charge in [-0.05, 0) is 93.5 Å². The Kier molecular flexibility index (Phi) is 7.69. The summed E-state index contributed by atoms with van der Waals surface area (Å²) in [5, 5.41) is 13.9. The minimum atomic E-state index is -0.160. The molecule has 0 unspecified atom stereocenters. The van der Waals surface area contributed by atoms with E-state index in [2.05, 4.69) is 20.8 Å². The van der Waals surface area contributed by atoms with Gasteiger partial charge in [-0.3, -0.25) is 9.59 Å². The monoisotopic (exact) mass is 590 g/mol. The maximum Gasteiger partial charge on any atom is 0.193 e. The van der Waals surface area contributed by atoms with Crippen molar-refractivity contribution in [2.24, 2.45) is 0 Å². The lowest BCUT2D eigenvalue weighted by Crippen LogP contribution is -2.11. The first-order valence-corrected chi connectivity index (χ1v) is 14.7. The second kappa shape index (κ2) is 11.8. The van der Waals surface area contributed by atoms with Gasteiger partial charge in [0.05, 0.1) is 0 Å². The largest absolute Gasteiger partial charge is 0.872 e. The number of hydrogen-bond acceptors (Lipinski definition) is 5. The average Bonchev–Trinajstić information content (AvgIpc) is 3.05. The summed E-state index contributed by atoms with van der Waals surface area (Å²) >= 11 is 0. The molecular formula is C40H32NO4-. The Morgan fingerprint density at radius 3 is 1.67 bits per heavy atom. The Hall–Kier alpha value is -5.68. The molecular weight excluding hydrogens is 558 g/mol. The standard InChI is InChI=1S/C40H33NO4/c1-40(2,3)28-14-8-26(9-15-28)38(43)34-21-22-35(33-7-5-4-6-32(33)34)39(44)27-12-18-30(19-13-27)45-31-20-23-37(42)36(24-31)25-10-16-29(41)17-11-25/h4-24,42H,41H2,1-3H3/p-1. The van der Waals surface area contributed by atoms with Gasteiger partial charge >= 0.3 is 0 Å². The lowest BCUT2D eigenvalue weighted by Gasteiger charge is -2.19. The molecule has 6 rings (SSSR count). The lowest BCUT2D eigenvalue weighted by atomic mass is 9.86. The van der Waals surface area contributed by atoms with Crippen LogP contribution in [0.5, 0.6) is 17.2 Å². The van der Waals surface area contributed by atoms with Crippen LogP contribution >= 0.6 is 0 Å². The fraction of sp³-hybridized carbons (Fsp3) is 0.100. The van der Waals surface area contributed by atoms with Gasteiger partial charge in [-0.15, -0.1) is 5.75 Å². The van der Waals surface area contributed by atoms with E-state index >= 15 is 0 Å². The first-order chi connectivity index (χ1) is 21.6. The summed E-state index contributed by atoms with van der Waals surface area (Å²) in [6.07, 6.45) is 0. The smallest absolute Gasteiger partial charge is 0.193 e. The highest BCUT2D eigenvalue weighted by Crippen LogP contribution is 2.34. The highest BCUT2D eigenvalue weighted by atomic mass is 16.5. The van der Waals surface area contributed by atoms with E-state index in [0.717, 1.165) is 16.5 Å². The zero-order chi connectivity index (χ0) is 31.7. The third kappa shape index (κ3) is 6.06. The van der Waals surface area contributed by atoms with Gasteiger partial charge in [-0.1, -0.05) is 87.5 Å². The first-order valence-electron chi connectivity index (χ1n) is 14.7. The molecule has 6 aromatic rings. The van der Waals surface area contributed by atoms with E-state index in [-0.39, 0.29) is 22.7 Å². The molecule has 0 radical (unpaired) electrons. The molecule has 0 amide bonds. The average molecular weight is 591 g/mol. The van der Waals surface area contributed by atoms with Crippen molar-refractivity contribution in [2.45, 2.75) is 26.2 Å². The minimum absolute atomic E-state index is 0.00836. The van der Waals surface area contributed by atoms with Crippen LogP contribution in [0.15, 0.2) is 127 Å². The number of rotatable bonds is 7. The molecule has 6 aromatic carbocycles. The maximum atomic E-state index is 13.7. The number of fused-ring (bicyclic) bond motifs is 1. The second-order valence-corrected chi connectivity index (χ2v) is 12.1. The van der Waals surface area contributed by atoms with Crippen LogP contribution < -0.4 is 15.6 Å². The number of benzene rings is 6. The van der Waals surface area contributed by atoms with E-state index in [1.165, 1.54) is 6.07 Å². The molecule has 0 heterocycles. The molecule has 222 valence electrons. The fourth-order valence-corrected chi connectivity index (χ4v) is 5.40. The summed E-state index contributed by atoms with van der Waals surface area (Å²) in [6, 6.07) is 37.5. The summed E-state index contributed by atoms with van der Waals surface area (Å²) in [4.78, 5) is 27.3. The number of carbonyl (C=O) groups is 2. The van der Waals surface area contributed by atoms with Crippen LogP contribution in [0.3, 0.4) is 0 Å². The van der Waals surface area contributed by atoms with Crippen LogP contribution in [0.1, 0.15) is 58.2 Å². The number of ether oxygens (including phenoxy) is 1. The molecule has 0 aliphatic carbocycles. The van der Waals surface area contributed by atoms with Crippen molar-refractivity contribution < 1.29 is 19.4 Å². The number of nitrogens with two attached hydrogens (primary N) is 1. The minimum Gasteiger partial charge on any atom is -0.872 e. The van der Waals surface area contributed by atoms with Crippen LogP contribution in [0.2, 0.25) is 0 Å². The van der Waals surface area contributed by atoms with Crippen molar-refractivity contribution in [3.8, 4) is 28.4 Å². The number of hydrogen-bond donors (Lipinski definition) is 1. The van der Waals surface area contributed by atoms with Gasteiger partial charge in [-0.25, -0.2) is 0 Å². The summed E-state index contributed by atoms with van der Waals surface area (Å²) in [5.74, 6) is 0.660. The highest BCUT2D eigenvalue weighted by molar-refractivity contribution is 6.22. The molecule has 5 nitrogen and oxygen atoms in total. The van der Waals surface area contributed by atoms with Crippen molar-refractivity contribution in [3.63, 3.8) is 0 Å². The molecule has 0 saturated heterocycles.